The van der Waals surface area contributed by atoms with Crippen LogP contribution in [0, 0.1) is 0 Å². The second-order valence-electron chi connectivity index (χ2n) is 6.04. The van der Waals surface area contributed by atoms with Crippen LogP contribution in [0.4, 0.5) is 18.0 Å². The number of hydrogen-bond acceptors (Lipinski definition) is 3. The van der Waals surface area contributed by atoms with Gasteiger partial charge in [-0.3, -0.25) is 0 Å². The summed E-state index contributed by atoms with van der Waals surface area (Å²) in [5, 5.41) is 0. The topological polar surface area (TPSA) is 61.5 Å². The van der Waals surface area contributed by atoms with Gasteiger partial charge in [0, 0.05) is 12.0 Å². The van der Waals surface area contributed by atoms with E-state index in [1.807, 2.05) is 0 Å². The molecule has 0 bridgehead atoms. The van der Waals surface area contributed by atoms with E-state index in [0.29, 0.717) is 35.5 Å². The highest BCUT2D eigenvalue weighted by atomic mass is 19.4. The van der Waals surface area contributed by atoms with E-state index in [2.05, 4.69) is 0 Å². The molecule has 2 aromatic carbocycles. The van der Waals surface area contributed by atoms with E-state index in [1.165, 1.54) is 6.07 Å². The summed E-state index contributed by atoms with van der Waals surface area (Å²) in [6.45, 7) is 2.03. The quantitative estimate of drug-likeness (QED) is 0.869. The second kappa shape index (κ2) is 5.98. The van der Waals surface area contributed by atoms with Gasteiger partial charge in [-0.2, -0.15) is 13.2 Å². The molecule has 0 aliphatic carbocycles. The van der Waals surface area contributed by atoms with Gasteiger partial charge in [-0.1, -0.05) is 24.3 Å². The summed E-state index contributed by atoms with van der Waals surface area (Å²) in [7, 11) is 0. The number of primary amides is 1. The van der Waals surface area contributed by atoms with Gasteiger partial charge < -0.3 is 15.2 Å². The van der Waals surface area contributed by atoms with Crippen LogP contribution in [0.3, 0.4) is 0 Å². The second-order valence-corrected chi connectivity index (χ2v) is 6.04. The lowest BCUT2D eigenvalue weighted by molar-refractivity contribution is -0.137. The van der Waals surface area contributed by atoms with E-state index in [9.17, 15) is 18.0 Å². The van der Waals surface area contributed by atoms with Gasteiger partial charge in [0.1, 0.15) is 11.4 Å². The first kappa shape index (κ1) is 17.1. The first-order chi connectivity index (χ1) is 11.7. The third-order valence-corrected chi connectivity index (χ3v) is 4.24. The molecule has 0 fully saturated rings. The van der Waals surface area contributed by atoms with Crippen molar-refractivity contribution in [1.82, 2.24) is 0 Å². The lowest BCUT2D eigenvalue weighted by atomic mass is 9.88. The fraction of sp³-hybridized carbons (Fsp3) is 0.278. The molecule has 1 amide bonds. The van der Waals surface area contributed by atoms with Crippen LogP contribution in [0.25, 0.3) is 11.1 Å². The van der Waals surface area contributed by atoms with Crippen LogP contribution in [0.2, 0.25) is 0 Å². The van der Waals surface area contributed by atoms with Crippen molar-refractivity contribution < 1.29 is 27.4 Å². The third-order valence-electron chi connectivity index (χ3n) is 4.24. The van der Waals surface area contributed by atoms with Crippen molar-refractivity contribution in [2.24, 2.45) is 5.73 Å². The molecule has 4 nitrogen and oxygen atoms in total. The highest BCUT2D eigenvalue weighted by Crippen LogP contribution is 2.42. The molecular weight excluding hydrogens is 335 g/mol. The molecule has 7 heteroatoms. The normalized spacial score (nSPS) is 19.7. The number of fused-ring (bicyclic) bond motifs is 1. The van der Waals surface area contributed by atoms with Crippen LogP contribution in [-0.2, 0) is 16.5 Å². The summed E-state index contributed by atoms with van der Waals surface area (Å²) in [5.41, 5.74) is 5.12. The molecule has 2 N–H and O–H groups in total. The summed E-state index contributed by atoms with van der Waals surface area (Å²) >= 11 is 0. The largest absolute Gasteiger partial charge is 0.493 e. The monoisotopic (exact) mass is 351 g/mol. The molecule has 0 aromatic heterocycles. The van der Waals surface area contributed by atoms with E-state index in [-0.39, 0.29) is 0 Å². The molecule has 1 aliphatic heterocycles. The van der Waals surface area contributed by atoms with Gasteiger partial charge in [-0.25, -0.2) is 4.79 Å². The number of hydrogen-bond donors (Lipinski definition) is 1. The minimum atomic E-state index is -4.41. The van der Waals surface area contributed by atoms with Crippen molar-refractivity contribution >= 4 is 6.09 Å². The van der Waals surface area contributed by atoms with Gasteiger partial charge in [-0.15, -0.1) is 0 Å². The molecule has 1 unspecified atom stereocenters. The lowest BCUT2D eigenvalue weighted by Crippen LogP contribution is -2.36. The van der Waals surface area contributed by atoms with E-state index < -0.39 is 23.4 Å². The first-order valence-corrected chi connectivity index (χ1v) is 7.62. The number of benzene rings is 2. The maximum atomic E-state index is 12.9. The Bertz CT molecular complexity index is 819. The minimum absolute atomic E-state index is 0.308. The van der Waals surface area contributed by atoms with Gasteiger partial charge in [0.2, 0.25) is 0 Å². The van der Waals surface area contributed by atoms with Crippen molar-refractivity contribution in [1.29, 1.82) is 0 Å². The van der Waals surface area contributed by atoms with Crippen LogP contribution in [0.5, 0.6) is 5.75 Å². The Hall–Kier alpha value is -2.70. The summed E-state index contributed by atoms with van der Waals surface area (Å²) in [5.74, 6) is 0.463. The number of rotatable bonds is 2. The van der Waals surface area contributed by atoms with Crippen LogP contribution in [0.15, 0.2) is 42.5 Å². The highest BCUT2D eigenvalue weighted by molar-refractivity contribution is 5.69. The van der Waals surface area contributed by atoms with Crippen molar-refractivity contribution in [3.63, 3.8) is 0 Å². The fourth-order valence-electron chi connectivity index (χ4n) is 2.95. The Kier molecular flexibility index (Phi) is 4.10. The summed E-state index contributed by atoms with van der Waals surface area (Å²) < 4.78 is 49.5. The number of carbonyl (C=O) groups excluding carboxylic acids is 1. The van der Waals surface area contributed by atoms with Gasteiger partial charge in [0.05, 0.1) is 12.2 Å². The van der Waals surface area contributed by atoms with E-state index in [0.717, 1.165) is 12.1 Å². The average molecular weight is 351 g/mol. The van der Waals surface area contributed by atoms with Gasteiger partial charge in [-0.05, 0) is 36.2 Å². The van der Waals surface area contributed by atoms with Gasteiger partial charge >= 0.3 is 12.3 Å². The van der Waals surface area contributed by atoms with E-state index in [4.69, 9.17) is 15.2 Å². The Labute approximate surface area is 142 Å². The first-order valence-electron chi connectivity index (χ1n) is 7.62. The van der Waals surface area contributed by atoms with Crippen LogP contribution in [0.1, 0.15) is 24.5 Å². The number of ether oxygens (including phenoxy) is 2. The molecule has 1 heterocycles. The zero-order chi connectivity index (χ0) is 18.2. The Morgan fingerprint density at radius 1 is 1.20 bits per heavy atom. The molecule has 0 spiro atoms. The Morgan fingerprint density at radius 3 is 2.60 bits per heavy atom. The predicted octanol–water partition coefficient (Wildman–Crippen LogP) is 4.47. The molecule has 3 rings (SSSR count). The van der Waals surface area contributed by atoms with E-state index >= 15 is 0 Å². The SMILES string of the molecule is CC1(OC(N)=O)CCOc2cc(-c3cccc(C(F)(F)F)c3)ccc21. The zero-order valence-corrected chi connectivity index (χ0v) is 13.4. The van der Waals surface area contributed by atoms with Crippen molar-refractivity contribution in [3.05, 3.63) is 53.6 Å². The molecule has 1 atom stereocenters. The maximum Gasteiger partial charge on any atom is 0.416 e. The molecule has 0 saturated heterocycles. The number of amides is 1. The van der Waals surface area contributed by atoms with Crippen molar-refractivity contribution in [3.8, 4) is 16.9 Å². The smallest absolute Gasteiger partial charge is 0.416 e. The van der Waals surface area contributed by atoms with Gasteiger partial charge in [0.25, 0.3) is 0 Å². The third kappa shape index (κ3) is 3.40. The average Bonchev–Trinajstić information content (AvgIpc) is 2.53. The summed E-state index contributed by atoms with van der Waals surface area (Å²) in [4.78, 5) is 11.2. The summed E-state index contributed by atoms with van der Waals surface area (Å²) in [6, 6.07) is 10.1. The fourth-order valence-corrected chi connectivity index (χ4v) is 2.95. The van der Waals surface area contributed by atoms with Gasteiger partial charge in [0.15, 0.2) is 0 Å². The zero-order valence-electron chi connectivity index (χ0n) is 13.4. The van der Waals surface area contributed by atoms with Crippen molar-refractivity contribution in [2.75, 3.05) is 6.61 Å². The molecule has 1 aliphatic rings. The summed E-state index contributed by atoms with van der Waals surface area (Å²) in [6.07, 6.45) is -4.86. The number of alkyl halides is 3. The van der Waals surface area contributed by atoms with Crippen LogP contribution >= 0.6 is 0 Å². The molecule has 132 valence electrons. The van der Waals surface area contributed by atoms with E-state index in [1.54, 1.807) is 31.2 Å². The molecule has 25 heavy (non-hydrogen) atoms. The Morgan fingerprint density at radius 2 is 1.92 bits per heavy atom. The number of carbonyl (C=O) groups is 1. The van der Waals surface area contributed by atoms with Crippen LogP contribution in [-0.4, -0.2) is 12.7 Å². The van der Waals surface area contributed by atoms with Crippen molar-refractivity contribution in [2.45, 2.75) is 25.1 Å². The number of halogens is 3. The minimum Gasteiger partial charge on any atom is -0.493 e. The predicted molar refractivity (Wildman–Crippen MR) is 85.0 cm³/mol. The standard InChI is InChI=1S/C18H16F3NO3/c1-17(25-16(22)23)7-8-24-15-10-12(5-6-14(15)17)11-3-2-4-13(9-11)18(19,20)21/h2-6,9-10H,7-8H2,1H3,(H2,22,23). The highest BCUT2D eigenvalue weighted by Gasteiger charge is 2.37. The maximum absolute atomic E-state index is 12.9. The molecular formula is C18H16F3NO3. The number of nitrogens with two attached hydrogens (primary N) is 1. The van der Waals surface area contributed by atoms with Crippen LogP contribution < -0.4 is 10.5 Å². The lowest BCUT2D eigenvalue weighted by Gasteiger charge is -2.34. The molecule has 0 saturated carbocycles. The molecule has 0 radical (unpaired) electrons. The molecule has 2 aromatic rings. The Balaban J connectivity index is 2.01.